The SMILES string of the molecule is COc1ccc(NC(=O)N(C)C[C@@H]2OCCCC[C@H](C)Oc3ccc(NC(=O)Cc4ccccc4)cc3C(=O)N([C@H](C)CO)C[C@@H]2C)cc1. The van der Waals surface area contributed by atoms with Crippen molar-refractivity contribution in [2.24, 2.45) is 5.92 Å². The molecule has 0 unspecified atom stereocenters. The van der Waals surface area contributed by atoms with Crippen LogP contribution in [0.1, 0.15) is 56.0 Å². The van der Waals surface area contributed by atoms with E-state index in [1.165, 1.54) is 0 Å². The Balaban J connectivity index is 1.56. The predicted molar refractivity (Wildman–Crippen MR) is 190 cm³/mol. The molecule has 0 saturated carbocycles. The van der Waals surface area contributed by atoms with Gasteiger partial charge in [0.2, 0.25) is 5.91 Å². The van der Waals surface area contributed by atoms with Crippen LogP contribution < -0.4 is 20.1 Å². The number of urea groups is 1. The number of methoxy groups -OCH3 is 1. The number of ether oxygens (including phenoxy) is 3. The van der Waals surface area contributed by atoms with Gasteiger partial charge in [0.05, 0.1) is 44.0 Å². The van der Waals surface area contributed by atoms with E-state index in [2.05, 4.69) is 10.6 Å². The summed E-state index contributed by atoms with van der Waals surface area (Å²) >= 11 is 0. The number of hydrogen-bond acceptors (Lipinski definition) is 7. The molecule has 4 amide bonds. The van der Waals surface area contributed by atoms with Crippen molar-refractivity contribution in [3.05, 3.63) is 83.9 Å². The fraction of sp³-hybridized carbons (Fsp3) is 0.447. The molecule has 0 radical (unpaired) electrons. The molecule has 264 valence electrons. The molecule has 0 saturated heterocycles. The van der Waals surface area contributed by atoms with Crippen molar-refractivity contribution in [3.63, 3.8) is 0 Å². The number of carbonyl (C=O) groups is 3. The number of rotatable bonds is 9. The number of anilines is 2. The average molecular weight is 675 g/mol. The average Bonchev–Trinajstić information content (AvgIpc) is 3.10. The van der Waals surface area contributed by atoms with E-state index in [0.29, 0.717) is 35.0 Å². The van der Waals surface area contributed by atoms with Crippen molar-refractivity contribution in [3.8, 4) is 11.5 Å². The summed E-state index contributed by atoms with van der Waals surface area (Å²) in [7, 11) is 3.30. The molecule has 0 aliphatic carbocycles. The number of fused-ring (bicyclic) bond motifs is 1. The number of likely N-dealkylation sites (N-methyl/N-ethyl adjacent to an activating group) is 1. The summed E-state index contributed by atoms with van der Waals surface area (Å²) in [5.74, 6) is 0.353. The normalized spacial score (nSPS) is 19.4. The predicted octanol–water partition coefficient (Wildman–Crippen LogP) is 5.84. The number of carbonyl (C=O) groups excluding carboxylic acids is 3. The molecule has 0 aromatic heterocycles. The first kappa shape index (κ1) is 37.2. The van der Waals surface area contributed by atoms with E-state index in [-0.39, 0.29) is 56.0 Å². The highest BCUT2D eigenvalue weighted by atomic mass is 16.5. The summed E-state index contributed by atoms with van der Waals surface area (Å²) < 4.78 is 17.9. The third kappa shape index (κ3) is 11.0. The zero-order chi connectivity index (χ0) is 35.3. The van der Waals surface area contributed by atoms with Crippen molar-refractivity contribution in [1.82, 2.24) is 9.80 Å². The molecule has 0 fully saturated rings. The highest BCUT2D eigenvalue weighted by Crippen LogP contribution is 2.29. The lowest BCUT2D eigenvalue weighted by molar-refractivity contribution is -0.115. The van der Waals surface area contributed by atoms with Gasteiger partial charge in [-0.3, -0.25) is 9.59 Å². The van der Waals surface area contributed by atoms with Gasteiger partial charge in [0.1, 0.15) is 11.5 Å². The van der Waals surface area contributed by atoms with Gasteiger partial charge in [-0.15, -0.1) is 0 Å². The quantitative estimate of drug-likeness (QED) is 0.260. The van der Waals surface area contributed by atoms with E-state index in [9.17, 15) is 19.5 Å². The Kier molecular flexibility index (Phi) is 13.8. The Bertz CT molecular complexity index is 1520. The molecule has 3 aromatic carbocycles. The number of benzene rings is 3. The van der Waals surface area contributed by atoms with E-state index in [1.54, 1.807) is 73.3 Å². The van der Waals surface area contributed by atoms with Gasteiger partial charge >= 0.3 is 6.03 Å². The fourth-order valence-corrected chi connectivity index (χ4v) is 5.70. The van der Waals surface area contributed by atoms with Crippen molar-refractivity contribution in [1.29, 1.82) is 0 Å². The molecule has 3 N–H and O–H groups in total. The summed E-state index contributed by atoms with van der Waals surface area (Å²) in [4.78, 5) is 43.6. The van der Waals surface area contributed by atoms with E-state index in [0.717, 1.165) is 24.8 Å². The highest BCUT2D eigenvalue weighted by Gasteiger charge is 2.31. The molecule has 4 rings (SSSR count). The maximum Gasteiger partial charge on any atom is 0.321 e. The van der Waals surface area contributed by atoms with Crippen LogP contribution in [0.2, 0.25) is 0 Å². The van der Waals surface area contributed by atoms with Crippen molar-refractivity contribution < 1.29 is 33.7 Å². The van der Waals surface area contributed by atoms with Crippen LogP contribution in [0.5, 0.6) is 11.5 Å². The number of aliphatic hydroxyl groups is 1. The lowest BCUT2D eigenvalue weighted by atomic mass is 10.0. The van der Waals surface area contributed by atoms with Crippen LogP contribution in [0.25, 0.3) is 0 Å². The lowest BCUT2D eigenvalue weighted by Gasteiger charge is -2.35. The minimum absolute atomic E-state index is 0.181. The minimum Gasteiger partial charge on any atom is -0.497 e. The molecular formula is C38H50N4O7. The van der Waals surface area contributed by atoms with Crippen LogP contribution in [0.4, 0.5) is 16.2 Å². The maximum absolute atomic E-state index is 14.4. The second kappa shape index (κ2) is 18.2. The Morgan fingerprint density at radius 1 is 1.02 bits per heavy atom. The van der Waals surface area contributed by atoms with Crippen LogP contribution in [0, 0.1) is 5.92 Å². The van der Waals surface area contributed by atoms with Crippen molar-refractivity contribution in [2.45, 2.75) is 64.7 Å². The maximum atomic E-state index is 14.4. The van der Waals surface area contributed by atoms with Crippen LogP contribution in [0.3, 0.4) is 0 Å². The van der Waals surface area contributed by atoms with Gasteiger partial charge in [0, 0.05) is 44.0 Å². The number of hydrogen-bond donors (Lipinski definition) is 3. The number of nitrogens with one attached hydrogen (secondary N) is 2. The molecule has 3 aromatic rings. The lowest BCUT2D eigenvalue weighted by Crippen LogP contribution is -2.48. The summed E-state index contributed by atoms with van der Waals surface area (Å²) in [6.45, 7) is 6.50. The first-order valence-corrected chi connectivity index (χ1v) is 16.9. The highest BCUT2D eigenvalue weighted by molar-refractivity contribution is 6.00. The van der Waals surface area contributed by atoms with Gasteiger partial charge in [-0.2, -0.15) is 0 Å². The molecule has 1 aliphatic rings. The van der Waals surface area contributed by atoms with Crippen molar-refractivity contribution in [2.75, 3.05) is 51.1 Å². The number of amides is 4. The monoisotopic (exact) mass is 674 g/mol. The largest absolute Gasteiger partial charge is 0.497 e. The number of aliphatic hydroxyl groups excluding tert-OH is 1. The molecule has 1 aliphatic heterocycles. The van der Waals surface area contributed by atoms with Gasteiger partial charge in [-0.05, 0) is 81.1 Å². The number of nitrogens with zero attached hydrogens (tertiary/aromatic N) is 2. The summed E-state index contributed by atoms with van der Waals surface area (Å²) in [5, 5.41) is 16.1. The zero-order valence-electron chi connectivity index (χ0n) is 29.2. The first-order chi connectivity index (χ1) is 23.6. The van der Waals surface area contributed by atoms with Gasteiger partial charge in [-0.25, -0.2) is 4.79 Å². The van der Waals surface area contributed by atoms with Gasteiger partial charge in [0.15, 0.2) is 0 Å². The van der Waals surface area contributed by atoms with Gasteiger partial charge in [0.25, 0.3) is 5.91 Å². The van der Waals surface area contributed by atoms with Crippen LogP contribution in [-0.4, -0.2) is 91.5 Å². The van der Waals surface area contributed by atoms with Crippen LogP contribution >= 0.6 is 0 Å². The Hall–Kier alpha value is -4.61. The molecule has 1 heterocycles. The van der Waals surface area contributed by atoms with E-state index >= 15 is 0 Å². The molecule has 0 bridgehead atoms. The Morgan fingerprint density at radius 2 is 1.73 bits per heavy atom. The summed E-state index contributed by atoms with van der Waals surface area (Å²) in [6.07, 6.45) is 2.01. The van der Waals surface area contributed by atoms with Crippen molar-refractivity contribution >= 4 is 29.2 Å². The van der Waals surface area contributed by atoms with Gasteiger partial charge < -0.3 is 39.8 Å². The first-order valence-electron chi connectivity index (χ1n) is 16.9. The molecule has 11 heteroatoms. The zero-order valence-corrected chi connectivity index (χ0v) is 29.2. The third-order valence-electron chi connectivity index (χ3n) is 8.68. The summed E-state index contributed by atoms with van der Waals surface area (Å²) in [5.41, 5.74) is 2.28. The molecule has 0 spiro atoms. The summed E-state index contributed by atoms with van der Waals surface area (Å²) in [6, 6.07) is 20.8. The van der Waals surface area contributed by atoms with Crippen LogP contribution in [0.15, 0.2) is 72.8 Å². The Labute approximate surface area is 289 Å². The molecular weight excluding hydrogens is 624 g/mol. The second-order valence-corrected chi connectivity index (χ2v) is 12.8. The fourth-order valence-electron chi connectivity index (χ4n) is 5.70. The molecule has 11 nitrogen and oxygen atoms in total. The van der Waals surface area contributed by atoms with Gasteiger partial charge in [-0.1, -0.05) is 37.3 Å². The van der Waals surface area contributed by atoms with E-state index in [1.807, 2.05) is 44.2 Å². The van der Waals surface area contributed by atoms with E-state index < -0.39 is 12.1 Å². The minimum atomic E-state index is -0.527. The molecule has 4 atom stereocenters. The van der Waals surface area contributed by atoms with Crippen LogP contribution in [-0.2, 0) is 16.0 Å². The second-order valence-electron chi connectivity index (χ2n) is 12.8. The standard InChI is InChI=1S/C38H50N4O7/c1-26-23-42(27(2)25-43)37(45)33-22-31(39-36(44)21-29-12-7-6-8-13-29)16-19-34(33)49-28(3)11-9-10-20-48-35(26)24-41(4)38(46)40-30-14-17-32(47-5)18-15-30/h6-8,12-19,22,26-28,35,43H,9-11,20-21,23-25H2,1-5H3,(H,39,44)(H,40,46)/t26-,27+,28-,35-/m0/s1. The molecule has 49 heavy (non-hydrogen) atoms. The van der Waals surface area contributed by atoms with E-state index in [4.69, 9.17) is 14.2 Å². The Morgan fingerprint density at radius 3 is 2.43 bits per heavy atom. The third-order valence-corrected chi connectivity index (χ3v) is 8.68. The smallest absolute Gasteiger partial charge is 0.321 e. The topological polar surface area (TPSA) is 130 Å².